The van der Waals surface area contributed by atoms with Gasteiger partial charge in [-0.25, -0.2) is 0 Å². The highest BCUT2D eigenvalue weighted by molar-refractivity contribution is 6.42. The van der Waals surface area contributed by atoms with Crippen LogP contribution in [0.3, 0.4) is 0 Å². The van der Waals surface area contributed by atoms with Crippen molar-refractivity contribution in [1.29, 1.82) is 0 Å². The predicted molar refractivity (Wildman–Crippen MR) is 84.3 cm³/mol. The van der Waals surface area contributed by atoms with Crippen molar-refractivity contribution in [2.75, 3.05) is 20.6 Å². The fraction of sp³-hybridized carbons (Fsp3) is 0.625. The van der Waals surface area contributed by atoms with Crippen molar-refractivity contribution in [3.63, 3.8) is 0 Å². The summed E-state index contributed by atoms with van der Waals surface area (Å²) in [6.45, 7) is 3.46. The second-order valence-corrected chi connectivity index (χ2v) is 6.98. The van der Waals surface area contributed by atoms with Crippen LogP contribution in [-0.4, -0.2) is 25.5 Å². The van der Waals surface area contributed by atoms with Crippen molar-refractivity contribution in [1.82, 2.24) is 4.90 Å². The molecule has 1 aliphatic rings. The highest BCUT2D eigenvalue weighted by Crippen LogP contribution is 2.45. The van der Waals surface area contributed by atoms with Gasteiger partial charge in [0.25, 0.3) is 0 Å². The average Bonchev–Trinajstić information content (AvgIpc) is 2.35. The van der Waals surface area contributed by atoms with Crippen LogP contribution in [0.4, 0.5) is 0 Å². The Morgan fingerprint density at radius 3 is 2.53 bits per heavy atom. The third-order valence-corrected chi connectivity index (χ3v) is 5.29. The fourth-order valence-electron chi connectivity index (χ4n) is 3.54. The smallest absolute Gasteiger partial charge is 0.0595 e. The van der Waals surface area contributed by atoms with Crippen LogP contribution >= 0.6 is 23.2 Å². The van der Waals surface area contributed by atoms with Crippen LogP contribution in [0.5, 0.6) is 0 Å². The Morgan fingerprint density at radius 2 is 1.95 bits per heavy atom. The molecule has 3 heteroatoms. The largest absolute Gasteiger partial charge is 0.309 e. The van der Waals surface area contributed by atoms with Gasteiger partial charge in [0.15, 0.2) is 0 Å². The molecule has 0 heterocycles. The summed E-state index contributed by atoms with van der Waals surface area (Å²) in [6, 6.07) is 6.19. The molecule has 0 N–H and O–H groups in total. The first-order valence-electron chi connectivity index (χ1n) is 7.06. The monoisotopic (exact) mass is 299 g/mol. The maximum atomic E-state index is 6.23. The molecule has 1 aromatic rings. The van der Waals surface area contributed by atoms with Crippen LogP contribution in [-0.2, 0) is 5.41 Å². The van der Waals surface area contributed by atoms with E-state index in [1.807, 2.05) is 6.07 Å². The Hall–Kier alpha value is -0.240. The van der Waals surface area contributed by atoms with Gasteiger partial charge >= 0.3 is 0 Å². The molecule has 0 aliphatic heterocycles. The zero-order chi connectivity index (χ0) is 14.0. The van der Waals surface area contributed by atoms with Crippen LogP contribution in [0.15, 0.2) is 18.2 Å². The van der Waals surface area contributed by atoms with Crippen molar-refractivity contribution in [3.8, 4) is 0 Å². The molecular weight excluding hydrogens is 277 g/mol. The van der Waals surface area contributed by atoms with Gasteiger partial charge in [-0.15, -0.1) is 0 Å². The lowest BCUT2D eigenvalue weighted by atomic mass is 9.63. The van der Waals surface area contributed by atoms with Gasteiger partial charge in [-0.05, 0) is 50.6 Å². The second-order valence-electron chi connectivity index (χ2n) is 6.17. The molecule has 19 heavy (non-hydrogen) atoms. The van der Waals surface area contributed by atoms with Crippen molar-refractivity contribution in [2.45, 2.75) is 38.0 Å². The molecule has 1 aliphatic carbocycles. The zero-order valence-corrected chi connectivity index (χ0v) is 13.6. The van der Waals surface area contributed by atoms with Gasteiger partial charge in [-0.2, -0.15) is 0 Å². The Morgan fingerprint density at radius 1 is 1.21 bits per heavy atom. The topological polar surface area (TPSA) is 3.24 Å². The molecule has 0 spiro atoms. The van der Waals surface area contributed by atoms with Crippen LogP contribution < -0.4 is 0 Å². The molecule has 106 valence electrons. The Labute approximate surface area is 126 Å². The van der Waals surface area contributed by atoms with E-state index in [2.05, 4.69) is 38.1 Å². The van der Waals surface area contributed by atoms with Crippen molar-refractivity contribution >= 4 is 23.2 Å². The van der Waals surface area contributed by atoms with E-state index >= 15 is 0 Å². The summed E-state index contributed by atoms with van der Waals surface area (Å²) in [5, 5.41) is 1.32. The normalized spacial score (nSPS) is 27.8. The summed E-state index contributed by atoms with van der Waals surface area (Å²) >= 11 is 12.3. The summed E-state index contributed by atoms with van der Waals surface area (Å²) in [6.07, 6.45) is 5.19. The summed E-state index contributed by atoms with van der Waals surface area (Å²) in [5.41, 5.74) is 1.57. The maximum Gasteiger partial charge on any atom is 0.0595 e. The van der Waals surface area contributed by atoms with E-state index in [4.69, 9.17) is 23.2 Å². The van der Waals surface area contributed by atoms with E-state index in [0.29, 0.717) is 16.0 Å². The summed E-state index contributed by atoms with van der Waals surface area (Å²) in [4.78, 5) is 2.30. The zero-order valence-electron chi connectivity index (χ0n) is 12.0. The average molecular weight is 300 g/mol. The molecule has 0 amide bonds. The minimum absolute atomic E-state index is 0.218. The number of nitrogens with zero attached hydrogens (tertiary/aromatic N) is 1. The second kappa shape index (κ2) is 6.03. The quantitative estimate of drug-likeness (QED) is 0.759. The number of hydrogen-bond donors (Lipinski definition) is 0. The van der Waals surface area contributed by atoms with Gasteiger partial charge in [-0.1, -0.05) is 49.0 Å². The van der Waals surface area contributed by atoms with Crippen LogP contribution in [0, 0.1) is 5.92 Å². The van der Waals surface area contributed by atoms with E-state index in [-0.39, 0.29) is 5.41 Å². The molecule has 0 bridgehead atoms. The maximum absolute atomic E-state index is 6.23. The van der Waals surface area contributed by atoms with Crippen molar-refractivity contribution in [2.24, 2.45) is 5.92 Å². The lowest BCUT2D eigenvalue weighted by Gasteiger charge is -2.45. The highest BCUT2D eigenvalue weighted by atomic mass is 35.5. The Kier molecular flexibility index (Phi) is 4.81. The molecule has 2 unspecified atom stereocenters. The first-order valence-corrected chi connectivity index (χ1v) is 7.81. The van der Waals surface area contributed by atoms with E-state index in [0.717, 1.165) is 6.54 Å². The van der Waals surface area contributed by atoms with Crippen LogP contribution in [0.2, 0.25) is 10.0 Å². The minimum atomic E-state index is 0.218. The molecule has 1 saturated carbocycles. The van der Waals surface area contributed by atoms with Gasteiger partial charge in [0.1, 0.15) is 0 Å². The molecular formula is C16H23Cl2N. The molecule has 0 radical (unpaired) electrons. The highest BCUT2D eigenvalue weighted by Gasteiger charge is 2.40. The van der Waals surface area contributed by atoms with Gasteiger partial charge < -0.3 is 4.90 Å². The van der Waals surface area contributed by atoms with Gasteiger partial charge in [0.2, 0.25) is 0 Å². The summed E-state index contributed by atoms with van der Waals surface area (Å²) < 4.78 is 0. The standard InChI is InChI=1S/C16H23Cl2N/c1-12-6-4-5-9-16(12,11-19(2)3)13-7-8-14(17)15(18)10-13/h7-8,10,12H,4-6,9,11H2,1-3H3. The molecule has 2 rings (SSSR count). The summed E-state index contributed by atoms with van der Waals surface area (Å²) in [7, 11) is 4.31. The van der Waals surface area contributed by atoms with E-state index in [1.54, 1.807) is 0 Å². The Bertz CT molecular complexity index is 444. The van der Waals surface area contributed by atoms with Gasteiger partial charge in [-0.3, -0.25) is 0 Å². The van der Waals surface area contributed by atoms with Crippen LogP contribution in [0.25, 0.3) is 0 Å². The fourth-order valence-corrected chi connectivity index (χ4v) is 3.84. The number of halogens is 2. The minimum Gasteiger partial charge on any atom is -0.309 e. The lowest BCUT2D eigenvalue weighted by Crippen LogP contribution is -2.44. The molecule has 0 saturated heterocycles. The first kappa shape index (κ1) is 15.2. The molecule has 1 nitrogen and oxygen atoms in total. The van der Waals surface area contributed by atoms with Gasteiger partial charge in [0, 0.05) is 12.0 Å². The first-order chi connectivity index (χ1) is 8.95. The molecule has 1 aromatic carbocycles. The van der Waals surface area contributed by atoms with Crippen molar-refractivity contribution < 1.29 is 0 Å². The van der Waals surface area contributed by atoms with Gasteiger partial charge in [0.05, 0.1) is 10.0 Å². The number of likely N-dealkylation sites (N-methyl/N-ethyl adjacent to an activating group) is 1. The third kappa shape index (κ3) is 3.09. The Balaban J connectivity index is 2.43. The molecule has 1 fully saturated rings. The lowest BCUT2D eigenvalue weighted by molar-refractivity contribution is 0.151. The number of hydrogen-bond acceptors (Lipinski definition) is 1. The van der Waals surface area contributed by atoms with E-state index in [1.165, 1.54) is 31.2 Å². The molecule has 2 atom stereocenters. The van der Waals surface area contributed by atoms with E-state index < -0.39 is 0 Å². The molecule has 0 aromatic heterocycles. The number of rotatable bonds is 3. The predicted octanol–water partition coefficient (Wildman–Crippen LogP) is 5.00. The number of benzene rings is 1. The van der Waals surface area contributed by atoms with Crippen LogP contribution in [0.1, 0.15) is 38.2 Å². The van der Waals surface area contributed by atoms with Crippen molar-refractivity contribution in [3.05, 3.63) is 33.8 Å². The van der Waals surface area contributed by atoms with E-state index in [9.17, 15) is 0 Å². The SMILES string of the molecule is CC1CCCCC1(CN(C)C)c1ccc(Cl)c(Cl)c1. The third-order valence-electron chi connectivity index (χ3n) is 4.55. The summed E-state index contributed by atoms with van der Waals surface area (Å²) in [5.74, 6) is 0.681.